The van der Waals surface area contributed by atoms with E-state index in [1.54, 1.807) is 24.3 Å². The van der Waals surface area contributed by atoms with Crippen LogP contribution in [0.15, 0.2) is 29.4 Å². The molecule has 25 heavy (non-hydrogen) atoms. The quantitative estimate of drug-likeness (QED) is 0.533. The number of Topliss-reactive ketones (excluding diaryl/α,β-unsaturated/α-hetero) is 1. The zero-order valence-electron chi connectivity index (χ0n) is 14.2. The van der Waals surface area contributed by atoms with Crippen LogP contribution in [-0.4, -0.2) is 32.2 Å². The molecular weight excluding hydrogens is 360 g/mol. The molecule has 6 nitrogen and oxygen atoms in total. The second-order valence-electron chi connectivity index (χ2n) is 6.09. The van der Waals surface area contributed by atoms with E-state index in [1.165, 1.54) is 11.8 Å². The van der Waals surface area contributed by atoms with Gasteiger partial charge >= 0.3 is 0 Å². The number of amides is 1. The number of ketones is 1. The second kappa shape index (κ2) is 9.01. The highest BCUT2D eigenvalue weighted by Gasteiger charge is 2.16. The first kappa shape index (κ1) is 19.5. The Morgan fingerprint density at radius 3 is 2.52 bits per heavy atom. The van der Waals surface area contributed by atoms with E-state index < -0.39 is 0 Å². The molecule has 0 aliphatic carbocycles. The molecular formula is C17H21ClN4O2S. The first-order chi connectivity index (χ1) is 11.9. The Hall–Kier alpha value is -1.86. The van der Waals surface area contributed by atoms with E-state index in [1.807, 2.05) is 4.57 Å². The maximum atomic E-state index is 12.3. The normalized spacial score (nSPS) is 11.0. The lowest BCUT2D eigenvalue weighted by Gasteiger charge is -2.12. The lowest BCUT2D eigenvalue weighted by atomic mass is 10.1. The summed E-state index contributed by atoms with van der Waals surface area (Å²) in [6, 6.07) is 6.82. The highest BCUT2D eigenvalue weighted by molar-refractivity contribution is 7.99. The number of nitrogens with two attached hydrogens (primary N) is 1. The minimum atomic E-state index is -0.369. The van der Waals surface area contributed by atoms with Gasteiger partial charge in [-0.1, -0.05) is 37.2 Å². The molecule has 1 aromatic heterocycles. The number of thioether (sulfide) groups is 1. The summed E-state index contributed by atoms with van der Waals surface area (Å²) in [5, 5.41) is 9.61. The van der Waals surface area contributed by atoms with Gasteiger partial charge in [0, 0.05) is 30.0 Å². The third-order valence-corrected chi connectivity index (χ3v) is 4.65. The highest BCUT2D eigenvalue weighted by Crippen LogP contribution is 2.21. The van der Waals surface area contributed by atoms with Crippen molar-refractivity contribution in [1.82, 2.24) is 14.8 Å². The standard InChI is InChI=1S/C17H21ClN4O2S/c1-11(2)9-22-16(8-7-15(19)24)20-21-17(22)25-10-14(23)12-3-5-13(18)6-4-12/h3-6,11H,7-10H2,1-2H3,(H2,19,24). The molecule has 0 saturated carbocycles. The van der Waals surface area contributed by atoms with E-state index in [-0.39, 0.29) is 23.9 Å². The van der Waals surface area contributed by atoms with Gasteiger partial charge in [-0.15, -0.1) is 10.2 Å². The monoisotopic (exact) mass is 380 g/mol. The van der Waals surface area contributed by atoms with Crippen LogP contribution in [0, 0.1) is 5.92 Å². The smallest absolute Gasteiger partial charge is 0.217 e. The maximum absolute atomic E-state index is 12.3. The van der Waals surface area contributed by atoms with Crippen molar-refractivity contribution in [2.24, 2.45) is 11.7 Å². The van der Waals surface area contributed by atoms with E-state index in [0.717, 1.165) is 6.54 Å². The summed E-state index contributed by atoms with van der Waals surface area (Å²) in [4.78, 5) is 23.3. The number of hydrogen-bond donors (Lipinski definition) is 1. The lowest BCUT2D eigenvalue weighted by molar-refractivity contribution is -0.118. The first-order valence-electron chi connectivity index (χ1n) is 7.98. The molecule has 2 aromatic rings. The number of benzene rings is 1. The van der Waals surface area contributed by atoms with Crippen molar-refractivity contribution >= 4 is 35.1 Å². The van der Waals surface area contributed by atoms with Gasteiger partial charge in [0.15, 0.2) is 10.9 Å². The first-order valence-corrected chi connectivity index (χ1v) is 9.35. The van der Waals surface area contributed by atoms with Gasteiger partial charge in [-0.2, -0.15) is 0 Å². The van der Waals surface area contributed by atoms with Gasteiger partial charge in [-0.05, 0) is 30.2 Å². The summed E-state index contributed by atoms with van der Waals surface area (Å²) in [7, 11) is 0. The van der Waals surface area contributed by atoms with Crippen molar-refractivity contribution in [1.29, 1.82) is 0 Å². The summed E-state index contributed by atoms with van der Waals surface area (Å²) in [6.07, 6.45) is 0.672. The summed E-state index contributed by atoms with van der Waals surface area (Å²) in [6.45, 7) is 4.90. The van der Waals surface area contributed by atoms with Crippen molar-refractivity contribution in [2.75, 3.05) is 5.75 Å². The number of rotatable bonds is 9. The SMILES string of the molecule is CC(C)Cn1c(CCC(N)=O)nnc1SCC(=O)c1ccc(Cl)cc1. The molecule has 0 saturated heterocycles. The number of nitrogens with zero attached hydrogens (tertiary/aromatic N) is 3. The minimum absolute atomic E-state index is 0.000510. The Morgan fingerprint density at radius 1 is 1.24 bits per heavy atom. The van der Waals surface area contributed by atoms with Crippen molar-refractivity contribution < 1.29 is 9.59 Å². The molecule has 2 rings (SSSR count). The Kier molecular flexibility index (Phi) is 7.01. The molecule has 0 aliphatic heterocycles. The highest BCUT2D eigenvalue weighted by atomic mass is 35.5. The molecule has 0 fully saturated rings. The Morgan fingerprint density at radius 2 is 1.92 bits per heavy atom. The second-order valence-corrected chi connectivity index (χ2v) is 7.47. The summed E-state index contributed by atoms with van der Waals surface area (Å²) < 4.78 is 1.97. The molecule has 1 aromatic carbocycles. The van der Waals surface area contributed by atoms with E-state index in [0.29, 0.717) is 33.9 Å². The van der Waals surface area contributed by atoms with Crippen LogP contribution < -0.4 is 5.73 Å². The molecule has 8 heteroatoms. The van der Waals surface area contributed by atoms with Gasteiger partial charge < -0.3 is 10.3 Å². The Balaban J connectivity index is 2.08. The third kappa shape index (κ3) is 5.86. The van der Waals surface area contributed by atoms with Gasteiger partial charge in [-0.25, -0.2) is 0 Å². The lowest BCUT2D eigenvalue weighted by Crippen LogP contribution is -2.15. The zero-order chi connectivity index (χ0) is 18.4. The molecule has 0 spiro atoms. The van der Waals surface area contributed by atoms with Crippen LogP contribution in [0.4, 0.5) is 0 Å². The van der Waals surface area contributed by atoms with Crippen LogP contribution in [0.2, 0.25) is 5.02 Å². The maximum Gasteiger partial charge on any atom is 0.217 e. The Labute approximate surface area is 156 Å². The fourth-order valence-electron chi connectivity index (χ4n) is 2.24. The predicted molar refractivity (Wildman–Crippen MR) is 98.9 cm³/mol. The van der Waals surface area contributed by atoms with Crippen LogP contribution in [0.5, 0.6) is 0 Å². The fraction of sp³-hybridized carbons (Fsp3) is 0.412. The summed E-state index contributed by atoms with van der Waals surface area (Å²) >= 11 is 7.18. The molecule has 0 radical (unpaired) electrons. The van der Waals surface area contributed by atoms with Gasteiger partial charge in [0.2, 0.25) is 5.91 Å². The van der Waals surface area contributed by atoms with Gasteiger partial charge in [0.05, 0.1) is 5.75 Å². The van der Waals surface area contributed by atoms with Crippen molar-refractivity contribution in [2.45, 2.75) is 38.4 Å². The van der Waals surface area contributed by atoms with Crippen LogP contribution in [0.25, 0.3) is 0 Å². The predicted octanol–water partition coefficient (Wildman–Crippen LogP) is 2.98. The summed E-state index contributed by atoms with van der Waals surface area (Å²) in [5.74, 6) is 0.988. The zero-order valence-corrected chi connectivity index (χ0v) is 15.8. The van der Waals surface area contributed by atoms with Gasteiger partial charge in [0.1, 0.15) is 5.82 Å². The number of hydrogen-bond acceptors (Lipinski definition) is 5. The average Bonchev–Trinajstić information content (AvgIpc) is 2.92. The molecule has 1 amide bonds. The molecule has 0 bridgehead atoms. The van der Waals surface area contributed by atoms with Crippen LogP contribution in [0.3, 0.4) is 0 Å². The fourth-order valence-corrected chi connectivity index (χ4v) is 3.23. The number of carbonyl (C=O) groups is 2. The summed E-state index contributed by atoms with van der Waals surface area (Å²) in [5.41, 5.74) is 5.83. The Bertz CT molecular complexity index is 744. The molecule has 1 heterocycles. The largest absolute Gasteiger partial charge is 0.370 e. The molecule has 2 N–H and O–H groups in total. The van der Waals surface area contributed by atoms with E-state index >= 15 is 0 Å². The third-order valence-electron chi connectivity index (χ3n) is 3.43. The number of primary amides is 1. The number of aromatic nitrogens is 3. The molecule has 0 aliphatic rings. The van der Waals surface area contributed by atoms with Crippen molar-refractivity contribution in [3.8, 4) is 0 Å². The van der Waals surface area contributed by atoms with E-state index in [9.17, 15) is 9.59 Å². The van der Waals surface area contributed by atoms with Crippen LogP contribution in [0.1, 0.15) is 36.5 Å². The van der Waals surface area contributed by atoms with E-state index in [2.05, 4.69) is 24.0 Å². The molecule has 134 valence electrons. The van der Waals surface area contributed by atoms with Crippen LogP contribution in [-0.2, 0) is 17.8 Å². The number of halogens is 1. The minimum Gasteiger partial charge on any atom is -0.370 e. The van der Waals surface area contributed by atoms with E-state index in [4.69, 9.17) is 17.3 Å². The van der Waals surface area contributed by atoms with Gasteiger partial charge in [0.25, 0.3) is 0 Å². The van der Waals surface area contributed by atoms with Crippen molar-refractivity contribution in [3.05, 3.63) is 40.7 Å². The number of aryl methyl sites for hydroxylation is 1. The molecule has 0 atom stereocenters. The topological polar surface area (TPSA) is 90.9 Å². The van der Waals surface area contributed by atoms with Crippen molar-refractivity contribution in [3.63, 3.8) is 0 Å². The average molecular weight is 381 g/mol. The molecule has 0 unspecified atom stereocenters. The number of carbonyl (C=O) groups excluding carboxylic acids is 2. The van der Waals surface area contributed by atoms with Gasteiger partial charge in [-0.3, -0.25) is 9.59 Å². The van der Waals surface area contributed by atoms with Crippen LogP contribution >= 0.6 is 23.4 Å².